The van der Waals surface area contributed by atoms with Gasteiger partial charge < -0.3 is 5.32 Å². The van der Waals surface area contributed by atoms with Crippen LogP contribution in [0.25, 0.3) is 11.4 Å². The van der Waals surface area contributed by atoms with Gasteiger partial charge in [0.2, 0.25) is 5.13 Å². The fraction of sp³-hybridized carbons (Fsp3) is 0.273. The van der Waals surface area contributed by atoms with Crippen LogP contribution < -0.4 is 5.32 Å². The molecule has 0 saturated heterocycles. The predicted octanol–water partition coefficient (Wildman–Crippen LogP) is 2.85. The highest BCUT2D eigenvalue weighted by molar-refractivity contribution is 7.09. The van der Waals surface area contributed by atoms with Crippen LogP contribution in [0.15, 0.2) is 18.2 Å². The lowest BCUT2D eigenvalue weighted by Gasteiger charge is -2.01. The van der Waals surface area contributed by atoms with Gasteiger partial charge in [0.05, 0.1) is 4.92 Å². The molecule has 2 aromatic rings. The molecule has 0 bridgehead atoms. The minimum atomic E-state index is -0.416. The molecular weight excluding hydrogens is 252 g/mol. The maximum Gasteiger partial charge on any atom is 0.270 e. The molecule has 1 heterocycles. The SMILES string of the molecule is CCNc1nc(-c2cc([N+](=O)[O-])ccc2C)ns1. The molecule has 0 atom stereocenters. The van der Waals surface area contributed by atoms with Crippen molar-refractivity contribution in [2.24, 2.45) is 0 Å². The Kier molecular flexibility index (Phi) is 3.52. The molecule has 0 aliphatic carbocycles. The summed E-state index contributed by atoms with van der Waals surface area (Å²) in [6.07, 6.45) is 0. The number of rotatable bonds is 4. The van der Waals surface area contributed by atoms with Gasteiger partial charge in [-0.3, -0.25) is 10.1 Å². The quantitative estimate of drug-likeness (QED) is 0.678. The zero-order chi connectivity index (χ0) is 13.1. The molecule has 0 aliphatic rings. The van der Waals surface area contributed by atoms with E-state index in [1.807, 2.05) is 13.8 Å². The van der Waals surface area contributed by atoms with Crippen molar-refractivity contribution in [3.8, 4) is 11.4 Å². The number of nitrogens with zero attached hydrogens (tertiary/aromatic N) is 3. The van der Waals surface area contributed by atoms with Gasteiger partial charge in [0.15, 0.2) is 5.82 Å². The highest BCUT2D eigenvalue weighted by Gasteiger charge is 2.13. The number of nitro benzene ring substituents is 1. The molecule has 1 N–H and O–H groups in total. The van der Waals surface area contributed by atoms with Gasteiger partial charge in [-0.15, -0.1) is 0 Å². The first-order valence-electron chi connectivity index (χ1n) is 5.44. The van der Waals surface area contributed by atoms with Crippen LogP contribution in [0, 0.1) is 17.0 Å². The minimum Gasteiger partial charge on any atom is -0.361 e. The Balaban J connectivity index is 2.41. The average molecular weight is 264 g/mol. The summed E-state index contributed by atoms with van der Waals surface area (Å²) in [5, 5.41) is 14.5. The fourth-order valence-electron chi connectivity index (χ4n) is 1.52. The van der Waals surface area contributed by atoms with E-state index in [1.54, 1.807) is 6.07 Å². The van der Waals surface area contributed by atoms with Gasteiger partial charge in [-0.25, -0.2) is 0 Å². The van der Waals surface area contributed by atoms with Crippen molar-refractivity contribution in [1.82, 2.24) is 9.36 Å². The fourth-order valence-corrected chi connectivity index (χ4v) is 2.17. The van der Waals surface area contributed by atoms with E-state index in [0.29, 0.717) is 11.4 Å². The summed E-state index contributed by atoms with van der Waals surface area (Å²) >= 11 is 1.25. The molecule has 0 amide bonds. The van der Waals surface area contributed by atoms with Crippen molar-refractivity contribution in [2.45, 2.75) is 13.8 Å². The van der Waals surface area contributed by atoms with Gasteiger partial charge in [-0.1, -0.05) is 6.07 Å². The summed E-state index contributed by atoms with van der Waals surface area (Å²) in [5.74, 6) is 0.525. The van der Waals surface area contributed by atoms with E-state index >= 15 is 0 Å². The average Bonchev–Trinajstić information content (AvgIpc) is 2.78. The maximum absolute atomic E-state index is 10.8. The van der Waals surface area contributed by atoms with Crippen molar-refractivity contribution >= 4 is 22.4 Å². The first-order valence-corrected chi connectivity index (χ1v) is 6.22. The number of nitro groups is 1. The summed E-state index contributed by atoms with van der Waals surface area (Å²) < 4.78 is 4.21. The largest absolute Gasteiger partial charge is 0.361 e. The molecular formula is C11H12N4O2S. The normalized spacial score (nSPS) is 10.3. The van der Waals surface area contributed by atoms with E-state index in [9.17, 15) is 10.1 Å². The number of aromatic nitrogens is 2. The molecule has 0 spiro atoms. The zero-order valence-electron chi connectivity index (χ0n) is 10.0. The molecule has 0 radical (unpaired) electrons. The summed E-state index contributed by atoms with van der Waals surface area (Å²) in [7, 11) is 0. The van der Waals surface area contributed by atoms with Gasteiger partial charge in [0.25, 0.3) is 5.69 Å². The van der Waals surface area contributed by atoms with Gasteiger partial charge >= 0.3 is 0 Å². The van der Waals surface area contributed by atoms with E-state index in [-0.39, 0.29) is 5.69 Å². The van der Waals surface area contributed by atoms with Crippen LogP contribution in [0.2, 0.25) is 0 Å². The first-order chi connectivity index (χ1) is 8.61. The number of non-ortho nitro benzene ring substituents is 1. The minimum absolute atomic E-state index is 0.0513. The van der Waals surface area contributed by atoms with Gasteiger partial charge in [0.1, 0.15) is 0 Å². The van der Waals surface area contributed by atoms with E-state index in [2.05, 4.69) is 14.7 Å². The molecule has 6 nitrogen and oxygen atoms in total. The van der Waals surface area contributed by atoms with Crippen LogP contribution >= 0.6 is 11.5 Å². The number of hydrogen-bond acceptors (Lipinski definition) is 6. The Morgan fingerprint density at radius 1 is 1.50 bits per heavy atom. The molecule has 1 aromatic heterocycles. The number of anilines is 1. The standard InChI is InChI=1S/C11H12N4O2S/c1-3-12-11-13-10(14-18-11)9-6-8(15(16)17)5-4-7(9)2/h4-6H,3H2,1-2H3,(H,12,13,14). The lowest BCUT2D eigenvalue weighted by atomic mass is 10.1. The van der Waals surface area contributed by atoms with Crippen LogP contribution in [-0.4, -0.2) is 20.8 Å². The molecule has 94 valence electrons. The molecule has 7 heteroatoms. The molecule has 0 saturated carbocycles. The zero-order valence-corrected chi connectivity index (χ0v) is 10.8. The third kappa shape index (κ3) is 2.45. The molecule has 2 rings (SSSR count). The van der Waals surface area contributed by atoms with E-state index in [4.69, 9.17) is 0 Å². The Morgan fingerprint density at radius 2 is 2.28 bits per heavy atom. The third-order valence-electron chi connectivity index (χ3n) is 2.43. The predicted molar refractivity (Wildman–Crippen MR) is 70.9 cm³/mol. The second-order valence-electron chi connectivity index (χ2n) is 3.71. The Hall–Kier alpha value is -2.02. The third-order valence-corrected chi connectivity index (χ3v) is 3.10. The highest BCUT2D eigenvalue weighted by Crippen LogP contribution is 2.27. The van der Waals surface area contributed by atoms with Gasteiger partial charge in [-0.2, -0.15) is 9.36 Å². The van der Waals surface area contributed by atoms with Crippen LogP contribution in [0.5, 0.6) is 0 Å². The van der Waals surface area contributed by atoms with E-state index in [1.165, 1.54) is 23.7 Å². The number of nitrogens with one attached hydrogen (secondary N) is 1. The summed E-state index contributed by atoms with van der Waals surface area (Å²) in [4.78, 5) is 14.6. The van der Waals surface area contributed by atoms with Crippen molar-refractivity contribution in [3.05, 3.63) is 33.9 Å². The van der Waals surface area contributed by atoms with Crippen LogP contribution in [-0.2, 0) is 0 Å². The van der Waals surface area contributed by atoms with Crippen LogP contribution in [0.3, 0.4) is 0 Å². The lowest BCUT2D eigenvalue weighted by molar-refractivity contribution is -0.384. The van der Waals surface area contributed by atoms with Crippen molar-refractivity contribution in [3.63, 3.8) is 0 Å². The van der Waals surface area contributed by atoms with Gasteiger partial charge in [-0.05, 0) is 19.4 Å². The number of aryl methyl sites for hydroxylation is 1. The van der Waals surface area contributed by atoms with E-state index in [0.717, 1.165) is 17.2 Å². The summed E-state index contributed by atoms with van der Waals surface area (Å²) in [5.41, 5.74) is 1.67. The highest BCUT2D eigenvalue weighted by atomic mass is 32.1. The first kappa shape index (κ1) is 12.4. The molecule has 18 heavy (non-hydrogen) atoms. The summed E-state index contributed by atoms with van der Waals surface area (Å²) in [6, 6.07) is 4.70. The monoisotopic (exact) mass is 264 g/mol. The number of hydrogen-bond donors (Lipinski definition) is 1. The maximum atomic E-state index is 10.8. The Bertz CT molecular complexity index is 582. The Morgan fingerprint density at radius 3 is 2.94 bits per heavy atom. The molecule has 0 unspecified atom stereocenters. The molecule has 1 aromatic carbocycles. The topological polar surface area (TPSA) is 81.0 Å². The molecule has 0 fully saturated rings. The second-order valence-corrected chi connectivity index (χ2v) is 4.46. The molecule has 0 aliphatic heterocycles. The van der Waals surface area contributed by atoms with Crippen molar-refractivity contribution in [2.75, 3.05) is 11.9 Å². The summed E-state index contributed by atoms with van der Waals surface area (Å²) in [6.45, 7) is 4.62. The lowest BCUT2D eigenvalue weighted by Crippen LogP contribution is -1.95. The second kappa shape index (κ2) is 5.09. The van der Waals surface area contributed by atoms with Gasteiger partial charge in [0, 0.05) is 35.8 Å². The van der Waals surface area contributed by atoms with Crippen LogP contribution in [0.4, 0.5) is 10.8 Å². The smallest absolute Gasteiger partial charge is 0.270 e. The van der Waals surface area contributed by atoms with Crippen molar-refractivity contribution < 1.29 is 4.92 Å². The van der Waals surface area contributed by atoms with E-state index < -0.39 is 4.92 Å². The number of benzene rings is 1. The van der Waals surface area contributed by atoms with Crippen LogP contribution in [0.1, 0.15) is 12.5 Å². The Labute approximate surface area is 108 Å². The van der Waals surface area contributed by atoms with Crippen molar-refractivity contribution in [1.29, 1.82) is 0 Å².